The van der Waals surface area contributed by atoms with Crippen molar-refractivity contribution in [2.45, 2.75) is 31.5 Å². The minimum Gasteiger partial charge on any atom is -0.326 e. The van der Waals surface area contributed by atoms with Gasteiger partial charge in [-0.05, 0) is 44.0 Å². The maximum Gasteiger partial charge on any atom is 0.271 e. The Morgan fingerprint density at radius 3 is 2.25 bits per heavy atom. The molecule has 0 atom stereocenters. The lowest BCUT2D eigenvalue weighted by Gasteiger charge is -2.13. The predicted octanol–water partition coefficient (Wildman–Crippen LogP) is 2.93. The van der Waals surface area contributed by atoms with Gasteiger partial charge in [0.15, 0.2) is 0 Å². The first-order valence-corrected chi connectivity index (χ1v) is 8.53. The first-order valence-electron chi connectivity index (χ1n) is 6.23. The van der Waals surface area contributed by atoms with Gasteiger partial charge in [-0.2, -0.15) is 0 Å². The van der Waals surface area contributed by atoms with Crippen molar-refractivity contribution in [3.63, 3.8) is 0 Å². The molecule has 0 unspecified atom stereocenters. The molecule has 20 heavy (non-hydrogen) atoms. The third-order valence-corrected chi connectivity index (χ3v) is 5.97. The van der Waals surface area contributed by atoms with Crippen LogP contribution in [-0.4, -0.2) is 8.42 Å². The highest BCUT2D eigenvalue weighted by molar-refractivity contribution is 7.94. The molecule has 6 heteroatoms. The van der Waals surface area contributed by atoms with Crippen molar-refractivity contribution in [1.82, 2.24) is 0 Å². The fourth-order valence-electron chi connectivity index (χ4n) is 2.14. The lowest BCUT2D eigenvalue weighted by molar-refractivity contribution is 0.603. The van der Waals surface area contributed by atoms with Gasteiger partial charge in [0.25, 0.3) is 10.0 Å². The van der Waals surface area contributed by atoms with Crippen LogP contribution in [0, 0.1) is 20.8 Å². The number of rotatable bonds is 4. The van der Waals surface area contributed by atoms with E-state index in [0.717, 1.165) is 21.6 Å². The number of nitrogens with two attached hydrogens (primary N) is 1. The molecule has 1 heterocycles. The molecule has 0 saturated carbocycles. The minimum atomic E-state index is -3.55. The molecule has 2 aromatic rings. The number of anilines is 1. The molecule has 0 amide bonds. The van der Waals surface area contributed by atoms with Crippen LogP contribution in [0.5, 0.6) is 0 Å². The summed E-state index contributed by atoms with van der Waals surface area (Å²) in [7, 11) is -3.55. The largest absolute Gasteiger partial charge is 0.326 e. The van der Waals surface area contributed by atoms with Gasteiger partial charge in [-0.25, -0.2) is 8.42 Å². The van der Waals surface area contributed by atoms with Crippen molar-refractivity contribution >= 4 is 27.0 Å². The average Bonchev–Trinajstić information content (AvgIpc) is 2.83. The Kier molecular flexibility index (Phi) is 4.17. The third kappa shape index (κ3) is 3.03. The molecule has 0 bridgehead atoms. The molecule has 0 aliphatic rings. The Labute approximate surface area is 123 Å². The van der Waals surface area contributed by atoms with Crippen LogP contribution in [0.2, 0.25) is 0 Å². The van der Waals surface area contributed by atoms with E-state index in [2.05, 4.69) is 4.72 Å². The zero-order valence-corrected chi connectivity index (χ0v) is 13.4. The van der Waals surface area contributed by atoms with Crippen LogP contribution in [0.25, 0.3) is 0 Å². The Bertz CT molecular complexity index is 710. The molecule has 1 aromatic carbocycles. The van der Waals surface area contributed by atoms with E-state index in [1.807, 2.05) is 32.9 Å². The summed E-state index contributed by atoms with van der Waals surface area (Å²) in [5.41, 5.74) is 9.12. The first kappa shape index (κ1) is 15.0. The van der Waals surface area contributed by atoms with Gasteiger partial charge < -0.3 is 5.73 Å². The van der Waals surface area contributed by atoms with Crippen LogP contribution in [0.4, 0.5) is 5.69 Å². The quantitative estimate of drug-likeness (QED) is 0.912. The topological polar surface area (TPSA) is 72.2 Å². The monoisotopic (exact) mass is 310 g/mol. The third-order valence-electron chi connectivity index (χ3n) is 3.02. The van der Waals surface area contributed by atoms with E-state index < -0.39 is 10.0 Å². The van der Waals surface area contributed by atoms with Crippen molar-refractivity contribution in [3.05, 3.63) is 45.8 Å². The number of aryl methyl sites for hydroxylation is 3. The molecule has 4 nitrogen and oxygen atoms in total. The Morgan fingerprint density at radius 2 is 1.75 bits per heavy atom. The fraction of sp³-hybridized carbons (Fsp3) is 0.286. The summed E-state index contributed by atoms with van der Waals surface area (Å²) in [5.74, 6) is 0. The number of thiophene rings is 1. The highest BCUT2D eigenvalue weighted by atomic mass is 32.2. The second-order valence-corrected chi connectivity index (χ2v) is 7.88. The summed E-state index contributed by atoms with van der Waals surface area (Å²) < 4.78 is 27.7. The van der Waals surface area contributed by atoms with Crippen molar-refractivity contribution in [1.29, 1.82) is 0 Å². The Morgan fingerprint density at radius 1 is 1.15 bits per heavy atom. The van der Waals surface area contributed by atoms with E-state index >= 15 is 0 Å². The van der Waals surface area contributed by atoms with Crippen molar-refractivity contribution in [2.24, 2.45) is 5.73 Å². The Balaban J connectivity index is 2.38. The molecule has 0 aliphatic carbocycles. The summed E-state index contributed by atoms with van der Waals surface area (Å²) in [6.45, 7) is 6.14. The summed E-state index contributed by atoms with van der Waals surface area (Å²) in [5, 5.41) is 0. The van der Waals surface area contributed by atoms with Crippen molar-refractivity contribution in [3.8, 4) is 0 Å². The number of sulfonamides is 1. The molecule has 0 aliphatic heterocycles. The number of benzene rings is 1. The van der Waals surface area contributed by atoms with Gasteiger partial charge in [-0.1, -0.05) is 17.7 Å². The zero-order valence-electron chi connectivity index (χ0n) is 11.7. The van der Waals surface area contributed by atoms with E-state index in [9.17, 15) is 8.42 Å². The number of hydrogen-bond acceptors (Lipinski definition) is 4. The molecule has 3 N–H and O–H groups in total. The van der Waals surface area contributed by atoms with E-state index in [-0.39, 0.29) is 4.21 Å². The summed E-state index contributed by atoms with van der Waals surface area (Å²) in [4.78, 5) is 0.850. The van der Waals surface area contributed by atoms with Crippen LogP contribution < -0.4 is 10.5 Å². The van der Waals surface area contributed by atoms with Crippen LogP contribution >= 0.6 is 11.3 Å². The summed E-state index contributed by atoms with van der Waals surface area (Å²) in [6.07, 6.45) is 0. The van der Waals surface area contributed by atoms with Gasteiger partial charge in [0, 0.05) is 11.4 Å². The zero-order chi connectivity index (χ0) is 14.9. The summed E-state index contributed by atoms with van der Waals surface area (Å²) >= 11 is 1.20. The Hall–Kier alpha value is -1.37. The van der Waals surface area contributed by atoms with Gasteiger partial charge in [-0.15, -0.1) is 11.3 Å². The molecule has 0 radical (unpaired) electrons. The maximum atomic E-state index is 12.4. The number of hydrogen-bond donors (Lipinski definition) is 2. The predicted molar refractivity (Wildman–Crippen MR) is 83.7 cm³/mol. The van der Waals surface area contributed by atoms with Crippen LogP contribution in [0.15, 0.2) is 28.5 Å². The normalized spacial score (nSPS) is 11.6. The second-order valence-electron chi connectivity index (χ2n) is 4.80. The molecular formula is C14H18N2O2S2. The van der Waals surface area contributed by atoms with E-state index in [1.165, 1.54) is 11.3 Å². The number of nitrogens with one attached hydrogen (secondary N) is 1. The first-order chi connectivity index (χ1) is 9.33. The van der Waals surface area contributed by atoms with Crippen LogP contribution in [0.1, 0.15) is 21.6 Å². The standard InChI is InChI=1S/C14H18N2O2S2/c1-9-6-10(2)14(11(3)7-9)16-20(17,18)13-5-4-12(8-15)19-13/h4-7,16H,8,15H2,1-3H3. The molecular weight excluding hydrogens is 292 g/mol. The molecule has 108 valence electrons. The van der Waals surface area contributed by atoms with E-state index in [1.54, 1.807) is 12.1 Å². The van der Waals surface area contributed by atoms with Gasteiger partial charge in [0.05, 0.1) is 5.69 Å². The highest BCUT2D eigenvalue weighted by Crippen LogP contribution is 2.28. The molecule has 0 spiro atoms. The van der Waals surface area contributed by atoms with Crippen LogP contribution in [-0.2, 0) is 16.6 Å². The SMILES string of the molecule is Cc1cc(C)c(NS(=O)(=O)c2ccc(CN)s2)c(C)c1. The minimum absolute atomic E-state index is 0.289. The smallest absolute Gasteiger partial charge is 0.271 e. The van der Waals surface area contributed by atoms with Gasteiger partial charge in [0.2, 0.25) is 0 Å². The lowest BCUT2D eigenvalue weighted by atomic mass is 10.1. The highest BCUT2D eigenvalue weighted by Gasteiger charge is 2.18. The lowest BCUT2D eigenvalue weighted by Crippen LogP contribution is -2.13. The van der Waals surface area contributed by atoms with Gasteiger partial charge >= 0.3 is 0 Å². The van der Waals surface area contributed by atoms with Crippen molar-refractivity contribution < 1.29 is 8.42 Å². The molecule has 0 fully saturated rings. The average molecular weight is 310 g/mol. The van der Waals surface area contributed by atoms with Gasteiger partial charge in [-0.3, -0.25) is 4.72 Å². The molecule has 1 aromatic heterocycles. The molecule has 2 rings (SSSR count). The van der Waals surface area contributed by atoms with Gasteiger partial charge in [0.1, 0.15) is 4.21 Å². The van der Waals surface area contributed by atoms with E-state index in [4.69, 9.17) is 5.73 Å². The van der Waals surface area contributed by atoms with Crippen LogP contribution in [0.3, 0.4) is 0 Å². The second kappa shape index (κ2) is 5.55. The maximum absolute atomic E-state index is 12.4. The fourth-order valence-corrected chi connectivity index (χ4v) is 4.58. The summed E-state index contributed by atoms with van der Waals surface area (Å²) in [6, 6.07) is 7.26. The molecule has 0 saturated heterocycles. The van der Waals surface area contributed by atoms with Crippen molar-refractivity contribution in [2.75, 3.05) is 4.72 Å². The van der Waals surface area contributed by atoms with E-state index in [0.29, 0.717) is 12.2 Å².